The number of nitrogens with one attached hydrogen (secondary N) is 1. The maximum atomic E-state index is 12.8. The Morgan fingerprint density at radius 2 is 2.10 bits per heavy atom. The van der Waals surface area contributed by atoms with Crippen LogP contribution in [-0.4, -0.2) is 49.9 Å². The number of amides is 1. The first-order chi connectivity index (χ1) is 14.2. The van der Waals surface area contributed by atoms with E-state index in [4.69, 9.17) is 9.26 Å². The van der Waals surface area contributed by atoms with Crippen molar-refractivity contribution in [2.45, 2.75) is 37.8 Å². The van der Waals surface area contributed by atoms with Crippen LogP contribution in [0.1, 0.15) is 40.7 Å². The number of fused-ring (bicyclic) bond motifs is 1. The molecule has 0 aromatic carbocycles. The molecule has 2 unspecified atom stereocenters. The van der Waals surface area contributed by atoms with Gasteiger partial charge in [0.15, 0.2) is 5.82 Å². The number of hydrogen-bond donors (Lipinski definition) is 1. The molecule has 0 bridgehead atoms. The summed E-state index contributed by atoms with van der Waals surface area (Å²) in [6.07, 6.45) is 7.08. The molecule has 2 aliphatic rings. The van der Waals surface area contributed by atoms with Crippen LogP contribution in [-0.2, 0) is 17.6 Å². The van der Waals surface area contributed by atoms with Gasteiger partial charge in [-0.15, -0.1) is 5.10 Å². The van der Waals surface area contributed by atoms with Crippen molar-refractivity contribution < 1.29 is 14.1 Å². The largest absolute Gasteiger partial charge is 0.377 e. The van der Waals surface area contributed by atoms with E-state index >= 15 is 0 Å². The number of aromatic nitrogens is 5. The number of carbonyl (C=O) groups excluding carboxylic acids is 1. The van der Waals surface area contributed by atoms with Crippen LogP contribution < -0.4 is 10.9 Å². The standard InChI is InChI=1S/C19H20N6O4/c26-17-7-6-16(24-9-3-8-20-24)22-25(17)15-11-28-10-14(15)21-19(27)18-12-4-1-2-5-13(12)23-29-18/h3,6-9,14-15H,1-2,4-5,10-11H2,(H,21,27). The third-order valence-electron chi connectivity index (χ3n) is 5.40. The van der Waals surface area contributed by atoms with Crippen molar-refractivity contribution in [3.05, 3.63) is 58.0 Å². The molecule has 0 spiro atoms. The molecule has 4 heterocycles. The van der Waals surface area contributed by atoms with Crippen LogP contribution in [0.5, 0.6) is 0 Å². The number of nitrogens with zero attached hydrogens (tertiary/aromatic N) is 5. The highest BCUT2D eigenvalue weighted by atomic mass is 16.5. The van der Waals surface area contributed by atoms with E-state index in [1.54, 1.807) is 29.2 Å². The van der Waals surface area contributed by atoms with Crippen LogP contribution in [0, 0.1) is 0 Å². The van der Waals surface area contributed by atoms with E-state index in [9.17, 15) is 9.59 Å². The Labute approximate surface area is 165 Å². The monoisotopic (exact) mass is 396 g/mol. The number of carbonyl (C=O) groups is 1. The van der Waals surface area contributed by atoms with E-state index in [1.807, 2.05) is 0 Å². The average molecular weight is 396 g/mol. The van der Waals surface area contributed by atoms with Crippen LogP contribution >= 0.6 is 0 Å². The summed E-state index contributed by atoms with van der Waals surface area (Å²) < 4.78 is 13.8. The Morgan fingerprint density at radius 3 is 2.97 bits per heavy atom. The zero-order valence-electron chi connectivity index (χ0n) is 15.7. The number of hydrogen-bond acceptors (Lipinski definition) is 7. The van der Waals surface area contributed by atoms with Gasteiger partial charge in [-0.25, -0.2) is 9.36 Å². The molecule has 10 nitrogen and oxygen atoms in total. The second-order valence-corrected chi connectivity index (χ2v) is 7.25. The lowest BCUT2D eigenvalue weighted by Crippen LogP contribution is -2.44. The highest BCUT2D eigenvalue weighted by Crippen LogP contribution is 2.25. The minimum absolute atomic E-state index is 0.260. The molecule has 1 aliphatic heterocycles. The van der Waals surface area contributed by atoms with E-state index in [-0.39, 0.29) is 30.4 Å². The first-order valence-corrected chi connectivity index (χ1v) is 9.66. The van der Waals surface area contributed by atoms with Gasteiger partial charge in [0, 0.05) is 24.0 Å². The van der Waals surface area contributed by atoms with Crippen LogP contribution in [0.3, 0.4) is 0 Å². The Balaban J connectivity index is 1.39. The third-order valence-corrected chi connectivity index (χ3v) is 5.40. The van der Waals surface area contributed by atoms with Crippen LogP contribution in [0.2, 0.25) is 0 Å². The lowest BCUT2D eigenvalue weighted by Gasteiger charge is -2.20. The van der Waals surface area contributed by atoms with Crippen molar-refractivity contribution in [2.24, 2.45) is 0 Å². The maximum absolute atomic E-state index is 12.8. The Bertz CT molecular complexity index is 1090. The molecule has 29 heavy (non-hydrogen) atoms. The van der Waals surface area contributed by atoms with Gasteiger partial charge >= 0.3 is 0 Å². The van der Waals surface area contributed by atoms with E-state index < -0.39 is 12.1 Å². The van der Waals surface area contributed by atoms with Crippen molar-refractivity contribution in [3.63, 3.8) is 0 Å². The molecule has 10 heteroatoms. The minimum atomic E-state index is -0.430. The lowest BCUT2D eigenvalue weighted by atomic mass is 9.96. The summed E-state index contributed by atoms with van der Waals surface area (Å²) in [6.45, 7) is 0.557. The molecule has 2 atom stereocenters. The molecule has 0 radical (unpaired) electrons. The predicted molar refractivity (Wildman–Crippen MR) is 99.9 cm³/mol. The fraction of sp³-hybridized carbons (Fsp3) is 0.421. The van der Waals surface area contributed by atoms with Crippen molar-refractivity contribution >= 4 is 5.91 Å². The number of rotatable bonds is 4. The van der Waals surface area contributed by atoms with Crippen LogP contribution in [0.4, 0.5) is 0 Å². The Hall–Kier alpha value is -3.27. The number of ether oxygens (including phenoxy) is 1. The van der Waals surface area contributed by atoms with Gasteiger partial charge in [0.05, 0.1) is 24.9 Å². The van der Waals surface area contributed by atoms with Gasteiger partial charge in [0.1, 0.15) is 6.04 Å². The van der Waals surface area contributed by atoms with Gasteiger partial charge < -0.3 is 14.6 Å². The van der Waals surface area contributed by atoms with Crippen LogP contribution in [0.15, 0.2) is 39.9 Å². The minimum Gasteiger partial charge on any atom is -0.377 e. The molecule has 5 rings (SSSR count). The smallest absolute Gasteiger partial charge is 0.290 e. The fourth-order valence-electron chi connectivity index (χ4n) is 3.90. The van der Waals surface area contributed by atoms with Crippen molar-refractivity contribution in [2.75, 3.05) is 13.2 Å². The maximum Gasteiger partial charge on any atom is 0.290 e. The lowest BCUT2D eigenvalue weighted by molar-refractivity contribution is 0.0886. The summed E-state index contributed by atoms with van der Waals surface area (Å²) in [6, 6.07) is 3.98. The molecule has 3 aromatic heterocycles. The molecular formula is C19H20N6O4. The van der Waals surface area contributed by atoms with Crippen molar-refractivity contribution in [3.8, 4) is 5.82 Å². The normalized spacial score (nSPS) is 21.1. The SMILES string of the molecule is O=C(NC1COCC1n1nc(-n2cccn2)ccc1=O)c1onc2c1CCCC2. The van der Waals surface area contributed by atoms with Gasteiger partial charge in [-0.05, 0) is 37.8 Å². The van der Waals surface area contributed by atoms with Gasteiger partial charge in [0.25, 0.3) is 11.5 Å². The molecular weight excluding hydrogens is 376 g/mol. The molecule has 150 valence electrons. The third kappa shape index (κ3) is 3.25. The highest BCUT2D eigenvalue weighted by Gasteiger charge is 2.35. The summed E-state index contributed by atoms with van der Waals surface area (Å²) in [4.78, 5) is 25.3. The molecule has 1 N–H and O–H groups in total. The predicted octanol–water partition coefficient (Wildman–Crippen LogP) is 0.666. The highest BCUT2D eigenvalue weighted by molar-refractivity contribution is 5.93. The zero-order valence-corrected chi connectivity index (χ0v) is 15.7. The molecule has 1 saturated heterocycles. The summed E-state index contributed by atoms with van der Waals surface area (Å²) in [5, 5.41) is 15.6. The zero-order chi connectivity index (χ0) is 19.8. The summed E-state index contributed by atoms with van der Waals surface area (Å²) in [5.74, 6) is 0.434. The fourth-order valence-corrected chi connectivity index (χ4v) is 3.90. The second kappa shape index (κ2) is 7.28. The molecule has 1 amide bonds. The van der Waals surface area contributed by atoms with Gasteiger partial charge in [-0.2, -0.15) is 5.10 Å². The van der Waals surface area contributed by atoms with Gasteiger partial charge in [-0.3, -0.25) is 9.59 Å². The van der Waals surface area contributed by atoms with E-state index in [1.165, 1.54) is 10.7 Å². The molecule has 3 aromatic rings. The molecule has 1 fully saturated rings. The van der Waals surface area contributed by atoms with E-state index in [0.717, 1.165) is 36.9 Å². The van der Waals surface area contributed by atoms with Gasteiger partial charge in [0.2, 0.25) is 5.76 Å². The van der Waals surface area contributed by atoms with E-state index in [2.05, 4.69) is 20.7 Å². The first kappa shape index (κ1) is 17.8. The summed E-state index contributed by atoms with van der Waals surface area (Å²) >= 11 is 0. The molecule has 1 aliphatic carbocycles. The first-order valence-electron chi connectivity index (χ1n) is 9.66. The number of aryl methyl sites for hydroxylation is 1. The quantitative estimate of drug-likeness (QED) is 0.689. The second-order valence-electron chi connectivity index (χ2n) is 7.25. The molecule has 0 saturated carbocycles. The topological polar surface area (TPSA) is 117 Å². The Kier molecular flexibility index (Phi) is 4.47. The summed E-state index contributed by atoms with van der Waals surface area (Å²) in [5.41, 5.74) is 1.48. The van der Waals surface area contributed by atoms with Crippen molar-refractivity contribution in [1.29, 1.82) is 0 Å². The average Bonchev–Trinajstić information content (AvgIpc) is 3.49. The van der Waals surface area contributed by atoms with E-state index in [0.29, 0.717) is 5.82 Å². The van der Waals surface area contributed by atoms with Crippen LogP contribution in [0.25, 0.3) is 5.82 Å². The summed E-state index contributed by atoms with van der Waals surface area (Å²) in [7, 11) is 0. The van der Waals surface area contributed by atoms with Gasteiger partial charge in [-0.1, -0.05) is 5.16 Å². The van der Waals surface area contributed by atoms with Crippen molar-refractivity contribution in [1.82, 2.24) is 30.0 Å². The Morgan fingerprint density at radius 1 is 1.21 bits per heavy atom.